The van der Waals surface area contributed by atoms with E-state index in [4.69, 9.17) is 10.4 Å². The molecule has 0 amide bonds. The largest absolute Gasteiger partial charge is 0.478 e. The van der Waals surface area contributed by atoms with E-state index >= 15 is 0 Å². The number of carboxylic acid groups (broad SMARTS) is 1. The highest BCUT2D eigenvalue weighted by Gasteiger charge is 2.22. The predicted octanol–water partition coefficient (Wildman–Crippen LogP) is 1.90. The molecule has 0 aliphatic carbocycles. The van der Waals surface area contributed by atoms with Gasteiger partial charge in [-0.25, -0.2) is 13.6 Å². The molecule has 1 rings (SSSR count). The van der Waals surface area contributed by atoms with Gasteiger partial charge in [-0.15, -0.1) is 0 Å². The summed E-state index contributed by atoms with van der Waals surface area (Å²) in [5.41, 5.74) is -1.59. The lowest BCUT2D eigenvalue weighted by Gasteiger charge is -2.07. The number of alkyl halides is 2. The van der Waals surface area contributed by atoms with Crippen LogP contribution in [0, 0.1) is 18.3 Å². The first kappa shape index (κ1) is 11.0. The SMILES string of the molecule is Cc1ncc(C(F)F)c(C#N)c1C(=O)O. The number of nitriles is 1. The molecule has 78 valence electrons. The number of carbonyl (C=O) groups is 1. The van der Waals surface area contributed by atoms with Crippen molar-refractivity contribution in [3.8, 4) is 6.07 Å². The van der Waals surface area contributed by atoms with Gasteiger partial charge < -0.3 is 5.11 Å². The van der Waals surface area contributed by atoms with Crippen molar-refractivity contribution in [1.82, 2.24) is 4.98 Å². The summed E-state index contributed by atoms with van der Waals surface area (Å²) in [5.74, 6) is -1.43. The average Bonchev–Trinajstić information content (AvgIpc) is 2.15. The normalized spacial score (nSPS) is 10.1. The van der Waals surface area contributed by atoms with Gasteiger partial charge in [0.2, 0.25) is 0 Å². The van der Waals surface area contributed by atoms with Gasteiger partial charge in [0.05, 0.1) is 22.4 Å². The number of aromatic carboxylic acids is 1. The smallest absolute Gasteiger partial charge is 0.338 e. The van der Waals surface area contributed by atoms with Gasteiger partial charge in [0.25, 0.3) is 6.43 Å². The summed E-state index contributed by atoms with van der Waals surface area (Å²) in [6.45, 7) is 1.35. The molecule has 0 spiro atoms. The van der Waals surface area contributed by atoms with Gasteiger partial charge in [-0.2, -0.15) is 5.26 Å². The number of halogens is 2. The topological polar surface area (TPSA) is 74.0 Å². The summed E-state index contributed by atoms with van der Waals surface area (Å²) < 4.78 is 24.8. The van der Waals surface area contributed by atoms with Crippen molar-refractivity contribution in [3.05, 3.63) is 28.6 Å². The van der Waals surface area contributed by atoms with Crippen molar-refractivity contribution in [2.45, 2.75) is 13.3 Å². The van der Waals surface area contributed by atoms with E-state index in [1.165, 1.54) is 13.0 Å². The van der Waals surface area contributed by atoms with Gasteiger partial charge in [-0.3, -0.25) is 4.98 Å². The zero-order valence-electron chi connectivity index (χ0n) is 7.66. The highest BCUT2D eigenvalue weighted by molar-refractivity contribution is 5.92. The molecule has 1 N–H and O–H groups in total. The first-order chi connectivity index (χ1) is 6.99. The standard InChI is InChI=1S/C9H6F2N2O2/c1-4-7(9(14)15)5(2-12)6(3-13-4)8(10)11/h3,8H,1H3,(H,14,15). The number of pyridine rings is 1. The van der Waals surface area contributed by atoms with Crippen LogP contribution in [0.15, 0.2) is 6.20 Å². The van der Waals surface area contributed by atoms with E-state index in [2.05, 4.69) is 4.98 Å². The van der Waals surface area contributed by atoms with Crippen LogP contribution in [-0.4, -0.2) is 16.1 Å². The fourth-order valence-corrected chi connectivity index (χ4v) is 1.17. The van der Waals surface area contributed by atoms with Crippen LogP contribution in [0.4, 0.5) is 8.78 Å². The molecule has 0 radical (unpaired) electrons. The number of carboxylic acids is 1. The van der Waals surface area contributed by atoms with Crippen molar-refractivity contribution in [2.75, 3.05) is 0 Å². The third-order valence-corrected chi connectivity index (χ3v) is 1.86. The molecule has 0 unspecified atom stereocenters. The van der Waals surface area contributed by atoms with E-state index in [0.717, 1.165) is 6.20 Å². The number of aryl methyl sites for hydroxylation is 1. The first-order valence-electron chi connectivity index (χ1n) is 3.90. The quantitative estimate of drug-likeness (QED) is 0.812. The number of aromatic nitrogens is 1. The minimum Gasteiger partial charge on any atom is -0.478 e. The number of rotatable bonds is 2. The summed E-state index contributed by atoms with van der Waals surface area (Å²) in [6.07, 6.45) is -2.09. The molecule has 1 aromatic heterocycles. The van der Waals surface area contributed by atoms with E-state index < -0.39 is 29.1 Å². The summed E-state index contributed by atoms with van der Waals surface area (Å²) in [4.78, 5) is 14.3. The number of hydrogen-bond acceptors (Lipinski definition) is 3. The Morgan fingerprint density at radius 1 is 1.67 bits per heavy atom. The molecule has 0 aromatic carbocycles. The third-order valence-electron chi connectivity index (χ3n) is 1.86. The van der Waals surface area contributed by atoms with Crippen molar-refractivity contribution in [1.29, 1.82) is 5.26 Å². The van der Waals surface area contributed by atoms with Gasteiger partial charge in [-0.05, 0) is 6.92 Å². The number of hydrogen-bond donors (Lipinski definition) is 1. The van der Waals surface area contributed by atoms with Crippen LogP contribution in [0.2, 0.25) is 0 Å². The number of nitrogens with zero attached hydrogens (tertiary/aromatic N) is 2. The van der Waals surface area contributed by atoms with Gasteiger partial charge in [0.1, 0.15) is 6.07 Å². The lowest BCUT2D eigenvalue weighted by Crippen LogP contribution is -2.08. The molecule has 0 aliphatic heterocycles. The molecule has 0 bridgehead atoms. The van der Waals surface area contributed by atoms with E-state index in [0.29, 0.717) is 0 Å². The molecule has 1 aromatic rings. The Kier molecular flexibility index (Phi) is 2.95. The summed E-state index contributed by atoms with van der Waals surface area (Å²) in [5, 5.41) is 17.4. The van der Waals surface area contributed by atoms with Crippen LogP contribution in [0.5, 0.6) is 0 Å². The van der Waals surface area contributed by atoms with Gasteiger partial charge in [0, 0.05) is 6.20 Å². The first-order valence-corrected chi connectivity index (χ1v) is 3.90. The van der Waals surface area contributed by atoms with Crippen LogP contribution in [0.3, 0.4) is 0 Å². The second kappa shape index (κ2) is 4.00. The zero-order valence-corrected chi connectivity index (χ0v) is 7.66. The maximum atomic E-state index is 12.4. The lowest BCUT2D eigenvalue weighted by atomic mass is 10.0. The fraction of sp³-hybridized carbons (Fsp3) is 0.222. The van der Waals surface area contributed by atoms with Crippen LogP contribution < -0.4 is 0 Å². The van der Waals surface area contributed by atoms with Gasteiger partial charge >= 0.3 is 5.97 Å². The molecule has 4 nitrogen and oxygen atoms in total. The summed E-state index contributed by atoms with van der Waals surface area (Å²) >= 11 is 0. The van der Waals surface area contributed by atoms with Gasteiger partial charge in [0.15, 0.2) is 0 Å². The highest BCUT2D eigenvalue weighted by Crippen LogP contribution is 2.25. The highest BCUT2D eigenvalue weighted by atomic mass is 19.3. The molecule has 0 aliphatic rings. The van der Waals surface area contributed by atoms with Crippen LogP contribution in [-0.2, 0) is 0 Å². The summed E-state index contributed by atoms with van der Waals surface area (Å²) in [6, 6.07) is 1.47. The second-order valence-electron chi connectivity index (χ2n) is 2.77. The van der Waals surface area contributed by atoms with E-state index in [1.807, 2.05) is 0 Å². The Balaban J connectivity index is 3.56. The maximum absolute atomic E-state index is 12.4. The fourth-order valence-electron chi connectivity index (χ4n) is 1.17. The molecule has 0 saturated carbocycles. The Hall–Kier alpha value is -2.03. The zero-order chi connectivity index (χ0) is 11.6. The van der Waals surface area contributed by atoms with Crippen LogP contribution in [0.1, 0.15) is 33.6 Å². The Bertz CT molecular complexity index is 452. The Labute approximate surface area is 83.8 Å². The van der Waals surface area contributed by atoms with Gasteiger partial charge in [-0.1, -0.05) is 0 Å². The van der Waals surface area contributed by atoms with Crippen LogP contribution >= 0.6 is 0 Å². The molecule has 0 atom stereocenters. The average molecular weight is 212 g/mol. The molecule has 6 heteroatoms. The molecular formula is C9H6F2N2O2. The maximum Gasteiger partial charge on any atom is 0.338 e. The third kappa shape index (κ3) is 1.91. The van der Waals surface area contributed by atoms with Crippen molar-refractivity contribution in [3.63, 3.8) is 0 Å². The lowest BCUT2D eigenvalue weighted by molar-refractivity contribution is 0.0694. The molecular weight excluding hydrogens is 206 g/mol. The predicted molar refractivity (Wildman–Crippen MR) is 45.6 cm³/mol. The second-order valence-corrected chi connectivity index (χ2v) is 2.77. The molecule has 0 saturated heterocycles. The van der Waals surface area contributed by atoms with E-state index in [-0.39, 0.29) is 5.69 Å². The van der Waals surface area contributed by atoms with Crippen molar-refractivity contribution in [2.24, 2.45) is 0 Å². The minimum absolute atomic E-state index is 0.0449. The van der Waals surface area contributed by atoms with Crippen molar-refractivity contribution >= 4 is 5.97 Å². The molecule has 0 fully saturated rings. The van der Waals surface area contributed by atoms with Crippen molar-refractivity contribution < 1.29 is 18.7 Å². The molecule has 1 heterocycles. The monoisotopic (exact) mass is 212 g/mol. The van der Waals surface area contributed by atoms with Crippen LogP contribution in [0.25, 0.3) is 0 Å². The molecule has 15 heavy (non-hydrogen) atoms. The Morgan fingerprint density at radius 3 is 2.67 bits per heavy atom. The van der Waals surface area contributed by atoms with E-state index in [1.54, 1.807) is 0 Å². The minimum atomic E-state index is -2.91. The Morgan fingerprint density at radius 2 is 2.27 bits per heavy atom. The summed E-state index contributed by atoms with van der Waals surface area (Å²) in [7, 11) is 0. The van der Waals surface area contributed by atoms with E-state index in [9.17, 15) is 13.6 Å².